The maximum Gasteiger partial charge on any atom is 0.306 e. The Hall–Kier alpha value is -1.88. The molecule has 17 heavy (non-hydrogen) atoms. The van der Waals surface area contributed by atoms with Gasteiger partial charge in [-0.3, -0.25) is 9.59 Å². The third-order valence-electron chi connectivity index (χ3n) is 2.32. The van der Waals surface area contributed by atoms with Crippen LogP contribution in [0.4, 0.5) is 0 Å². The second kappa shape index (κ2) is 5.45. The third kappa shape index (κ3) is 3.57. The van der Waals surface area contributed by atoms with E-state index in [0.29, 0.717) is 11.1 Å². The van der Waals surface area contributed by atoms with E-state index in [4.69, 9.17) is 5.11 Å². The highest BCUT2D eigenvalue weighted by molar-refractivity contribution is 5.93. The first-order chi connectivity index (χ1) is 7.91. The maximum atomic E-state index is 11.6. The molecule has 1 atom stereocenters. The van der Waals surface area contributed by atoms with Crippen LogP contribution >= 0.6 is 0 Å². The average molecular weight is 237 g/mol. The van der Waals surface area contributed by atoms with E-state index in [1.54, 1.807) is 38.4 Å². The molecule has 0 aliphatic carbocycles. The molecular formula is C12H15NO4. The zero-order chi connectivity index (χ0) is 13.0. The van der Waals surface area contributed by atoms with E-state index >= 15 is 0 Å². The second-order valence-corrected chi connectivity index (χ2v) is 3.94. The van der Waals surface area contributed by atoms with Gasteiger partial charge in [-0.05, 0) is 17.7 Å². The molecule has 92 valence electrons. The van der Waals surface area contributed by atoms with Gasteiger partial charge in [-0.15, -0.1) is 0 Å². The summed E-state index contributed by atoms with van der Waals surface area (Å²) in [7, 11) is 3.30. The van der Waals surface area contributed by atoms with E-state index in [1.807, 2.05) is 0 Å². The van der Waals surface area contributed by atoms with Crippen molar-refractivity contribution in [3.63, 3.8) is 0 Å². The summed E-state index contributed by atoms with van der Waals surface area (Å²) in [6.45, 7) is 0. The number of aliphatic hydroxyl groups excluding tert-OH is 1. The fourth-order valence-electron chi connectivity index (χ4n) is 1.39. The fourth-order valence-corrected chi connectivity index (χ4v) is 1.39. The smallest absolute Gasteiger partial charge is 0.306 e. The monoisotopic (exact) mass is 237 g/mol. The van der Waals surface area contributed by atoms with Crippen molar-refractivity contribution in [3.8, 4) is 0 Å². The van der Waals surface area contributed by atoms with Crippen LogP contribution in [0.25, 0.3) is 0 Å². The Labute approximate surface area is 99.3 Å². The van der Waals surface area contributed by atoms with Gasteiger partial charge in [-0.25, -0.2) is 0 Å². The first-order valence-electron chi connectivity index (χ1n) is 5.13. The molecule has 0 unspecified atom stereocenters. The molecule has 0 fully saturated rings. The van der Waals surface area contributed by atoms with Gasteiger partial charge in [0.25, 0.3) is 5.91 Å². The van der Waals surface area contributed by atoms with Crippen molar-refractivity contribution in [1.82, 2.24) is 4.90 Å². The van der Waals surface area contributed by atoms with Gasteiger partial charge in [0, 0.05) is 19.7 Å². The van der Waals surface area contributed by atoms with E-state index in [-0.39, 0.29) is 12.3 Å². The predicted octanol–water partition coefficient (Wildman–Crippen LogP) is 0.897. The predicted molar refractivity (Wildman–Crippen MR) is 61.7 cm³/mol. The first kappa shape index (κ1) is 13.2. The molecule has 2 N–H and O–H groups in total. The molecule has 5 nitrogen and oxygen atoms in total. The summed E-state index contributed by atoms with van der Waals surface area (Å²) in [5.74, 6) is -1.20. The fraction of sp³-hybridized carbons (Fsp3) is 0.333. The summed E-state index contributed by atoms with van der Waals surface area (Å²) in [6.07, 6.45) is -1.39. The molecule has 1 aromatic rings. The summed E-state index contributed by atoms with van der Waals surface area (Å²) in [5.41, 5.74) is 0.990. The molecule has 1 rings (SSSR count). The first-order valence-corrected chi connectivity index (χ1v) is 5.13. The van der Waals surface area contributed by atoms with Crippen molar-refractivity contribution in [1.29, 1.82) is 0 Å². The lowest BCUT2D eigenvalue weighted by molar-refractivity contribution is -0.139. The average Bonchev–Trinajstić information content (AvgIpc) is 2.27. The van der Waals surface area contributed by atoms with Gasteiger partial charge in [0.15, 0.2) is 0 Å². The molecule has 0 saturated carbocycles. The van der Waals surface area contributed by atoms with Crippen LogP contribution in [-0.2, 0) is 4.79 Å². The van der Waals surface area contributed by atoms with E-state index in [9.17, 15) is 14.7 Å². The molecule has 5 heteroatoms. The number of rotatable bonds is 4. The van der Waals surface area contributed by atoms with Crippen molar-refractivity contribution in [2.45, 2.75) is 12.5 Å². The van der Waals surface area contributed by atoms with Crippen LogP contribution in [0, 0.1) is 0 Å². The number of hydrogen-bond acceptors (Lipinski definition) is 3. The molecule has 0 radical (unpaired) electrons. The van der Waals surface area contributed by atoms with Crippen LogP contribution in [0.3, 0.4) is 0 Å². The second-order valence-electron chi connectivity index (χ2n) is 3.94. The zero-order valence-electron chi connectivity index (χ0n) is 9.75. The summed E-state index contributed by atoms with van der Waals surface area (Å²) in [5, 5.41) is 18.1. The quantitative estimate of drug-likeness (QED) is 0.815. The molecule has 1 aromatic carbocycles. The number of carbonyl (C=O) groups excluding carboxylic acids is 1. The molecule has 0 aromatic heterocycles. The number of aliphatic hydroxyl groups is 1. The normalized spacial score (nSPS) is 11.9. The number of carboxylic acid groups (broad SMARTS) is 1. The Balaban J connectivity index is 2.81. The molecule has 0 heterocycles. The number of amides is 1. The highest BCUT2D eigenvalue weighted by Gasteiger charge is 2.13. The highest BCUT2D eigenvalue weighted by atomic mass is 16.4. The van der Waals surface area contributed by atoms with Crippen molar-refractivity contribution < 1.29 is 19.8 Å². The van der Waals surface area contributed by atoms with Crippen LogP contribution in [0.2, 0.25) is 0 Å². The van der Waals surface area contributed by atoms with E-state index in [1.165, 1.54) is 4.90 Å². The van der Waals surface area contributed by atoms with Crippen LogP contribution in [0.1, 0.15) is 28.4 Å². The van der Waals surface area contributed by atoms with E-state index in [0.717, 1.165) is 0 Å². The van der Waals surface area contributed by atoms with Crippen molar-refractivity contribution in [2.75, 3.05) is 14.1 Å². The number of carbonyl (C=O) groups is 2. The van der Waals surface area contributed by atoms with E-state index < -0.39 is 12.1 Å². The van der Waals surface area contributed by atoms with Gasteiger partial charge >= 0.3 is 5.97 Å². The topological polar surface area (TPSA) is 77.8 Å². The lowest BCUT2D eigenvalue weighted by atomic mass is 10.0. The summed E-state index contributed by atoms with van der Waals surface area (Å²) < 4.78 is 0. The Kier molecular flexibility index (Phi) is 4.23. The molecule has 0 spiro atoms. The zero-order valence-corrected chi connectivity index (χ0v) is 9.75. The minimum absolute atomic E-state index is 0.135. The number of aliphatic carboxylic acids is 1. The van der Waals surface area contributed by atoms with Gasteiger partial charge in [0.1, 0.15) is 0 Å². The van der Waals surface area contributed by atoms with Gasteiger partial charge in [-0.1, -0.05) is 12.1 Å². The largest absolute Gasteiger partial charge is 0.481 e. The van der Waals surface area contributed by atoms with Crippen LogP contribution in [0.5, 0.6) is 0 Å². The molecule has 0 bridgehead atoms. The third-order valence-corrected chi connectivity index (χ3v) is 2.32. The van der Waals surface area contributed by atoms with Gasteiger partial charge in [-0.2, -0.15) is 0 Å². The van der Waals surface area contributed by atoms with E-state index in [2.05, 4.69) is 0 Å². The van der Waals surface area contributed by atoms with Crippen LogP contribution < -0.4 is 0 Å². The van der Waals surface area contributed by atoms with Crippen molar-refractivity contribution >= 4 is 11.9 Å². The molecule has 1 amide bonds. The van der Waals surface area contributed by atoms with Gasteiger partial charge in [0.2, 0.25) is 0 Å². The molecule has 0 saturated heterocycles. The minimum atomic E-state index is -1.06. The molecule has 0 aliphatic rings. The maximum absolute atomic E-state index is 11.6. The van der Waals surface area contributed by atoms with Gasteiger partial charge in [0.05, 0.1) is 12.5 Å². The number of benzene rings is 1. The summed E-state index contributed by atoms with van der Waals surface area (Å²) in [6, 6.07) is 6.26. The summed E-state index contributed by atoms with van der Waals surface area (Å²) >= 11 is 0. The number of carboxylic acids is 1. The lowest BCUT2D eigenvalue weighted by Gasteiger charge is -2.12. The standard InChI is InChI=1S/C12H15NO4/c1-13(2)12(17)9-5-3-8(4-6-9)10(14)7-11(15)16/h3-6,10,14H,7H2,1-2H3,(H,15,16)/t10-/m0/s1. The van der Waals surface area contributed by atoms with Crippen LogP contribution in [-0.4, -0.2) is 41.1 Å². The highest BCUT2D eigenvalue weighted by Crippen LogP contribution is 2.17. The Morgan fingerprint density at radius 2 is 1.76 bits per heavy atom. The van der Waals surface area contributed by atoms with Crippen LogP contribution in [0.15, 0.2) is 24.3 Å². The lowest BCUT2D eigenvalue weighted by Crippen LogP contribution is -2.21. The Morgan fingerprint density at radius 3 is 2.18 bits per heavy atom. The number of nitrogens with zero attached hydrogens (tertiary/aromatic N) is 1. The molecular weight excluding hydrogens is 222 g/mol. The minimum Gasteiger partial charge on any atom is -0.481 e. The van der Waals surface area contributed by atoms with Gasteiger partial charge < -0.3 is 15.1 Å². The SMILES string of the molecule is CN(C)C(=O)c1ccc([C@@H](O)CC(=O)O)cc1. The van der Waals surface area contributed by atoms with Crippen molar-refractivity contribution in [2.24, 2.45) is 0 Å². The Bertz CT molecular complexity index is 411. The summed E-state index contributed by atoms with van der Waals surface area (Å²) in [4.78, 5) is 23.4. The molecule has 0 aliphatic heterocycles. The van der Waals surface area contributed by atoms with Crippen molar-refractivity contribution in [3.05, 3.63) is 35.4 Å². The Morgan fingerprint density at radius 1 is 1.24 bits per heavy atom. The number of hydrogen-bond donors (Lipinski definition) is 2.